The van der Waals surface area contributed by atoms with E-state index < -0.39 is 6.10 Å². The minimum Gasteiger partial charge on any atom is -0.497 e. The molecule has 0 bridgehead atoms. The highest BCUT2D eigenvalue weighted by Crippen LogP contribution is 2.31. The minimum atomic E-state index is -0.643. The van der Waals surface area contributed by atoms with Gasteiger partial charge in [0.2, 0.25) is 5.82 Å². The zero-order chi connectivity index (χ0) is 33.0. The van der Waals surface area contributed by atoms with Crippen LogP contribution in [0.3, 0.4) is 0 Å². The molecule has 240 valence electrons. The van der Waals surface area contributed by atoms with E-state index >= 15 is 0 Å². The number of hydrogen-bond donors (Lipinski definition) is 1. The lowest BCUT2D eigenvalue weighted by Crippen LogP contribution is -2.32. The molecule has 1 atom stereocenters. The van der Waals surface area contributed by atoms with E-state index in [1.54, 1.807) is 36.2 Å². The molecule has 3 aromatic carbocycles. The molecule has 1 unspecified atom stereocenters. The summed E-state index contributed by atoms with van der Waals surface area (Å²) in [6.45, 7) is 16.6. The van der Waals surface area contributed by atoms with Gasteiger partial charge in [-0.25, -0.2) is 9.98 Å². The van der Waals surface area contributed by atoms with Gasteiger partial charge in [-0.1, -0.05) is 27.7 Å². The van der Waals surface area contributed by atoms with Crippen molar-refractivity contribution in [3.05, 3.63) is 78.1 Å². The summed E-state index contributed by atoms with van der Waals surface area (Å²) in [6.07, 6.45) is -0.129. The van der Waals surface area contributed by atoms with E-state index in [1.807, 2.05) is 31.2 Å². The number of aryl methyl sites for hydroxylation is 1. The number of anilines is 2. The van der Waals surface area contributed by atoms with Gasteiger partial charge in [-0.05, 0) is 99.5 Å². The maximum Gasteiger partial charge on any atom is 0.265 e. The SMILES string of the molecule is CCC(Oc1ccc(OC)cc1)C(=O)Nc1ccc(-c2nc3n(n2)N=C(C(C)(C)C)C3=Nc2ccc(N(CC)CC)cc2C)cc1. The number of nitrogens with one attached hydrogen (secondary N) is 1. The van der Waals surface area contributed by atoms with Crippen LogP contribution in [-0.2, 0) is 4.79 Å². The van der Waals surface area contributed by atoms with Crippen molar-refractivity contribution in [3.8, 4) is 22.9 Å². The first-order valence-electron chi connectivity index (χ1n) is 15.8. The Morgan fingerprint density at radius 2 is 1.65 bits per heavy atom. The number of carbonyl (C=O) groups excluding carboxylic acids is 1. The molecule has 0 spiro atoms. The number of aromatic nitrogens is 3. The molecular weight excluding hydrogens is 578 g/mol. The standard InChI is InChI=1S/C36H43N7O3/c1-9-30(46-28-19-17-27(45-8)18-20-28)35(44)37-25-14-12-24(13-15-25)33-39-34-31(32(36(5,6)7)40-43(34)41-33)38-29-21-16-26(22-23(29)4)42(10-2)11-3/h12-22,30H,9-11H2,1-8H3,(H,37,44). The Labute approximate surface area is 271 Å². The van der Waals surface area contributed by atoms with Crippen LogP contribution in [0.4, 0.5) is 17.1 Å². The predicted octanol–water partition coefficient (Wildman–Crippen LogP) is 7.29. The maximum atomic E-state index is 13.0. The van der Waals surface area contributed by atoms with Gasteiger partial charge in [-0.15, -0.1) is 9.89 Å². The van der Waals surface area contributed by atoms with Crippen molar-refractivity contribution >= 4 is 34.4 Å². The maximum absolute atomic E-state index is 13.0. The van der Waals surface area contributed by atoms with Crippen LogP contribution in [0.1, 0.15) is 59.4 Å². The average molecular weight is 622 g/mol. The summed E-state index contributed by atoms with van der Waals surface area (Å²) in [5.41, 5.74) is 5.89. The molecule has 0 saturated heterocycles. The van der Waals surface area contributed by atoms with Crippen LogP contribution in [0.2, 0.25) is 0 Å². The molecule has 1 amide bonds. The van der Waals surface area contributed by atoms with Crippen molar-refractivity contribution in [1.29, 1.82) is 0 Å². The summed E-state index contributed by atoms with van der Waals surface area (Å²) < 4.78 is 11.1. The zero-order valence-corrected chi connectivity index (χ0v) is 28.0. The van der Waals surface area contributed by atoms with E-state index in [0.717, 1.165) is 47.1 Å². The summed E-state index contributed by atoms with van der Waals surface area (Å²) in [4.78, 5) is 26.9. The second-order valence-corrected chi connectivity index (χ2v) is 12.2. The Hall–Kier alpha value is -4.99. The highest BCUT2D eigenvalue weighted by atomic mass is 16.5. The number of rotatable bonds is 11. The van der Waals surface area contributed by atoms with Crippen LogP contribution < -0.4 is 19.7 Å². The Kier molecular flexibility index (Phi) is 9.55. The Morgan fingerprint density at radius 1 is 0.978 bits per heavy atom. The van der Waals surface area contributed by atoms with Crippen molar-refractivity contribution in [3.63, 3.8) is 0 Å². The lowest BCUT2D eigenvalue weighted by molar-refractivity contribution is -0.122. The predicted molar refractivity (Wildman–Crippen MR) is 185 cm³/mol. The second-order valence-electron chi connectivity index (χ2n) is 12.2. The summed E-state index contributed by atoms with van der Waals surface area (Å²) in [5.74, 6) is 2.23. The van der Waals surface area contributed by atoms with Gasteiger partial charge in [0, 0.05) is 35.4 Å². The molecule has 1 aliphatic heterocycles. The molecule has 4 aromatic rings. The van der Waals surface area contributed by atoms with E-state index in [4.69, 9.17) is 29.7 Å². The molecule has 1 aliphatic rings. The molecule has 1 aromatic heterocycles. The van der Waals surface area contributed by atoms with Gasteiger partial charge in [0.25, 0.3) is 5.91 Å². The number of methoxy groups -OCH3 is 1. The third-order valence-corrected chi connectivity index (χ3v) is 7.88. The van der Waals surface area contributed by atoms with E-state index in [1.165, 1.54) is 5.69 Å². The number of fused-ring (bicyclic) bond motifs is 1. The second kappa shape index (κ2) is 13.6. The van der Waals surface area contributed by atoms with E-state index in [0.29, 0.717) is 29.5 Å². The van der Waals surface area contributed by atoms with E-state index in [-0.39, 0.29) is 11.3 Å². The molecule has 0 aliphatic carbocycles. The minimum absolute atomic E-state index is 0.226. The van der Waals surface area contributed by atoms with Crippen molar-refractivity contribution in [1.82, 2.24) is 14.9 Å². The molecule has 1 N–H and O–H groups in total. The number of amides is 1. The first-order valence-corrected chi connectivity index (χ1v) is 15.8. The largest absolute Gasteiger partial charge is 0.497 e. The molecule has 10 nitrogen and oxygen atoms in total. The van der Waals surface area contributed by atoms with Crippen molar-refractivity contribution < 1.29 is 14.3 Å². The normalized spacial score (nSPS) is 14.1. The topological polar surface area (TPSA) is 106 Å². The van der Waals surface area contributed by atoms with Crippen LogP contribution in [0.5, 0.6) is 11.5 Å². The van der Waals surface area contributed by atoms with Crippen LogP contribution in [-0.4, -0.2) is 58.5 Å². The average Bonchev–Trinajstić information content (AvgIpc) is 3.61. The van der Waals surface area contributed by atoms with Gasteiger partial charge in [0.05, 0.1) is 18.5 Å². The first kappa shape index (κ1) is 32.4. The molecule has 0 saturated carbocycles. The summed E-state index contributed by atoms with van der Waals surface area (Å²) >= 11 is 0. The van der Waals surface area contributed by atoms with Gasteiger partial charge in [-0.3, -0.25) is 4.79 Å². The monoisotopic (exact) mass is 621 g/mol. The van der Waals surface area contributed by atoms with Crippen LogP contribution >= 0.6 is 0 Å². The molecule has 5 rings (SSSR count). The Balaban J connectivity index is 1.35. The number of benzene rings is 3. The molecular formula is C36H43N7O3. The van der Waals surface area contributed by atoms with Gasteiger partial charge < -0.3 is 19.7 Å². The molecule has 0 fully saturated rings. The summed E-state index contributed by atoms with van der Waals surface area (Å²) in [7, 11) is 1.61. The zero-order valence-electron chi connectivity index (χ0n) is 28.0. The molecule has 2 heterocycles. The number of ether oxygens (including phenoxy) is 2. The van der Waals surface area contributed by atoms with Gasteiger partial charge in [0.15, 0.2) is 11.9 Å². The summed E-state index contributed by atoms with van der Waals surface area (Å²) in [6, 6.07) is 21.0. The quantitative estimate of drug-likeness (QED) is 0.189. The lowest BCUT2D eigenvalue weighted by Gasteiger charge is -2.22. The smallest absolute Gasteiger partial charge is 0.265 e. The first-order chi connectivity index (χ1) is 22.0. The Bertz CT molecular complexity index is 1750. The van der Waals surface area contributed by atoms with Crippen molar-refractivity contribution in [2.45, 2.75) is 61.0 Å². The number of carbonyl (C=O) groups is 1. The fraction of sp³-hybridized carbons (Fsp3) is 0.361. The third-order valence-electron chi connectivity index (χ3n) is 7.88. The van der Waals surface area contributed by atoms with Crippen molar-refractivity contribution in [2.24, 2.45) is 15.5 Å². The summed E-state index contributed by atoms with van der Waals surface area (Å²) in [5, 5.41) is 12.5. The van der Waals surface area contributed by atoms with E-state index in [2.05, 4.69) is 70.0 Å². The highest BCUT2D eigenvalue weighted by molar-refractivity contribution is 6.50. The van der Waals surface area contributed by atoms with Gasteiger partial charge in [0.1, 0.15) is 17.2 Å². The van der Waals surface area contributed by atoms with E-state index in [9.17, 15) is 4.79 Å². The molecule has 46 heavy (non-hydrogen) atoms. The lowest BCUT2D eigenvalue weighted by atomic mass is 9.87. The molecule has 10 heteroatoms. The van der Waals surface area contributed by atoms with Gasteiger partial charge >= 0.3 is 0 Å². The van der Waals surface area contributed by atoms with Crippen LogP contribution in [0.15, 0.2) is 76.8 Å². The number of hydrogen-bond acceptors (Lipinski definition) is 8. The fourth-order valence-electron chi connectivity index (χ4n) is 5.24. The highest BCUT2D eigenvalue weighted by Gasteiger charge is 2.35. The van der Waals surface area contributed by atoms with Crippen molar-refractivity contribution in [2.75, 3.05) is 30.4 Å². The third kappa shape index (κ3) is 6.96. The number of nitrogens with zero attached hydrogens (tertiary/aromatic N) is 6. The van der Waals surface area contributed by atoms with Crippen LogP contribution in [0.25, 0.3) is 11.4 Å². The Morgan fingerprint density at radius 3 is 2.24 bits per heavy atom. The number of aliphatic imine (C=N–C) groups is 1. The van der Waals surface area contributed by atoms with Crippen LogP contribution in [0, 0.1) is 12.3 Å². The molecule has 0 radical (unpaired) electrons. The van der Waals surface area contributed by atoms with Gasteiger partial charge in [-0.2, -0.15) is 5.10 Å². The fourth-order valence-corrected chi connectivity index (χ4v) is 5.24.